The van der Waals surface area contributed by atoms with Crippen LogP contribution in [-0.4, -0.2) is 32.4 Å². The molecule has 0 fully saturated rings. The third-order valence-electron chi connectivity index (χ3n) is 4.41. The van der Waals surface area contributed by atoms with Crippen molar-refractivity contribution in [3.05, 3.63) is 78.9 Å². The highest BCUT2D eigenvalue weighted by atomic mass is 16.5. The molecule has 32 heavy (non-hydrogen) atoms. The summed E-state index contributed by atoms with van der Waals surface area (Å²) < 4.78 is 7.21. The first kappa shape index (κ1) is 20.9. The van der Waals surface area contributed by atoms with Crippen LogP contribution < -0.4 is 20.7 Å². The van der Waals surface area contributed by atoms with Crippen molar-refractivity contribution in [2.45, 2.75) is 13.8 Å². The first-order valence-corrected chi connectivity index (χ1v) is 10.1. The SMILES string of the molecule is CCOc1ccccc1NC(=O)Nc1ccc(Nc2cc(-n3cccn3)nc(C)n2)cc1. The minimum atomic E-state index is -0.354. The number of carbonyl (C=O) groups excluding carboxylic acids is 1. The van der Waals surface area contributed by atoms with Gasteiger partial charge in [0.05, 0.1) is 12.3 Å². The number of nitrogens with zero attached hydrogens (tertiary/aromatic N) is 4. The van der Waals surface area contributed by atoms with Crippen molar-refractivity contribution in [2.75, 3.05) is 22.6 Å². The third-order valence-corrected chi connectivity index (χ3v) is 4.41. The second kappa shape index (κ2) is 9.61. The molecule has 9 nitrogen and oxygen atoms in total. The van der Waals surface area contributed by atoms with Gasteiger partial charge in [0, 0.05) is 29.8 Å². The van der Waals surface area contributed by atoms with Gasteiger partial charge in [-0.3, -0.25) is 0 Å². The average Bonchev–Trinajstić information content (AvgIpc) is 3.31. The minimum absolute atomic E-state index is 0.354. The molecule has 0 aliphatic heterocycles. The fraction of sp³-hybridized carbons (Fsp3) is 0.130. The van der Waals surface area contributed by atoms with Gasteiger partial charge in [0.15, 0.2) is 5.82 Å². The topological polar surface area (TPSA) is 106 Å². The average molecular weight is 429 g/mol. The molecule has 2 aromatic heterocycles. The highest BCUT2D eigenvalue weighted by molar-refractivity contribution is 6.00. The Kier molecular flexibility index (Phi) is 6.26. The lowest BCUT2D eigenvalue weighted by Gasteiger charge is -2.12. The van der Waals surface area contributed by atoms with E-state index in [4.69, 9.17) is 4.74 Å². The van der Waals surface area contributed by atoms with Crippen LogP contribution in [0.4, 0.5) is 27.7 Å². The number of aromatic nitrogens is 4. The molecule has 9 heteroatoms. The molecular formula is C23H23N7O2. The van der Waals surface area contributed by atoms with Crippen molar-refractivity contribution in [3.8, 4) is 11.6 Å². The second-order valence-electron chi connectivity index (χ2n) is 6.82. The highest BCUT2D eigenvalue weighted by Crippen LogP contribution is 2.24. The van der Waals surface area contributed by atoms with Crippen molar-refractivity contribution in [2.24, 2.45) is 0 Å². The van der Waals surface area contributed by atoms with Crippen molar-refractivity contribution in [1.29, 1.82) is 0 Å². The Bertz CT molecular complexity index is 1190. The number of para-hydroxylation sites is 2. The van der Waals surface area contributed by atoms with E-state index in [2.05, 4.69) is 31.0 Å². The molecule has 0 aliphatic carbocycles. The summed E-state index contributed by atoms with van der Waals surface area (Å²) >= 11 is 0. The van der Waals surface area contributed by atoms with Gasteiger partial charge >= 0.3 is 6.03 Å². The van der Waals surface area contributed by atoms with Crippen molar-refractivity contribution in [1.82, 2.24) is 19.7 Å². The summed E-state index contributed by atoms with van der Waals surface area (Å²) in [6.45, 7) is 4.24. The molecule has 4 aromatic rings. The maximum absolute atomic E-state index is 12.4. The van der Waals surface area contributed by atoms with E-state index in [0.29, 0.717) is 41.2 Å². The fourth-order valence-corrected chi connectivity index (χ4v) is 3.06. The molecule has 162 valence electrons. The van der Waals surface area contributed by atoms with Gasteiger partial charge in [-0.15, -0.1) is 0 Å². The zero-order valence-electron chi connectivity index (χ0n) is 17.7. The number of ether oxygens (including phenoxy) is 1. The number of hydrogen-bond donors (Lipinski definition) is 3. The summed E-state index contributed by atoms with van der Waals surface area (Å²) in [5.41, 5.74) is 2.08. The van der Waals surface area contributed by atoms with E-state index in [1.54, 1.807) is 29.1 Å². The maximum atomic E-state index is 12.4. The van der Waals surface area contributed by atoms with Crippen LogP contribution in [0.25, 0.3) is 5.82 Å². The minimum Gasteiger partial charge on any atom is -0.492 e. The molecule has 0 atom stereocenters. The fourth-order valence-electron chi connectivity index (χ4n) is 3.06. The van der Waals surface area contributed by atoms with Gasteiger partial charge in [0.2, 0.25) is 0 Å². The number of anilines is 4. The molecule has 4 rings (SSSR count). The van der Waals surface area contributed by atoms with E-state index in [-0.39, 0.29) is 6.03 Å². The number of hydrogen-bond acceptors (Lipinski definition) is 6. The Labute approximate surface area is 185 Å². The number of urea groups is 1. The first-order valence-electron chi connectivity index (χ1n) is 10.1. The number of amides is 2. The molecular weight excluding hydrogens is 406 g/mol. The molecule has 0 aliphatic rings. The van der Waals surface area contributed by atoms with Gasteiger partial charge in [0.1, 0.15) is 17.4 Å². The highest BCUT2D eigenvalue weighted by Gasteiger charge is 2.08. The van der Waals surface area contributed by atoms with Gasteiger partial charge in [0.25, 0.3) is 0 Å². The van der Waals surface area contributed by atoms with Crippen molar-refractivity contribution >= 4 is 28.9 Å². The van der Waals surface area contributed by atoms with Gasteiger partial charge in [-0.2, -0.15) is 5.10 Å². The molecule has 3 N–H and O–H groups in total. The summed E-state index contributed by atoms with van der Waals surface area (Å²) in [7, 11) is 0. The zero-order chi connectivity index (χ0) is 22.3. The number of nitrogens with one attached hydrogen (secondary N) is 3. The lowest BCUT2D eigenvalue weighted by Crippen LogP contribution is -2.19. The van der Waals surface area contributed by atoms with Crippen LogP contribution in [0.15, 0.2) is 73.1 Å². The molecule has 2 amide bonds. The van der Waals surface area contributed by atoms with Gasteiger partial charge < -0.3 is 20.7 Å². The van der Waals surface area contributed by atoms with Gasteiger partial charge in [-0.25, -0.2) is 19.4 Å². The maximum Gasteiger partial charge on any atom is 0.323 e. The largest absolute Gasteiger partial charge is 0.492 e. The predicted octanol–water partition coefficient (Wildman–Crippen LogP) is 4.76. The lowest BCUT2D eigenvalue weighted by molar-refractivity contribution is 0.262. The summed E-state index contributed by atoms with van der Waals surface area (Å²) in [5, 5.41) is 13.1. The molecule has 0 spiro atoms. The Hall–Kier alpha value is -4.40. The van der Waals surface area contributed by atoms with Gasteiger partial charge in [-0.05, 0) is 56.3 Å². The number of rotatable bonds is 7. The van der Waals surface area contributed by atoms with E-state index in [1.165, 1.54) is 0 Å². The molecule has 0 saturated heterocycles. The Morgan fingerprint density at radius 3 is 2.53 bits per heavy atom. The summed E-state index contributed by atoms with van der Waals surface area (Å²) in [6.07, 6.45) is 3.52. The molecule has 0 radical (unpaired) electrons. The van der Waals surface area contributed by atoms with Crippen molar-refractivity contribution < 1.29 is 9.53 Å². The van der Waals surface area contributed by atoms with E-state index < -0.39 is 0 Å². The van der Waals surface area contributed by atoms with E-state index in [9.17, 15) is 4.79 Å². The second-order valence-corrected chi connectivity index (χ2v) is 6.82. The Balaban J connectivity index is 1.40. The third kappa shape index (κ3) is 5.20. The first-order chi connectivity index (χ1) is 15.6. The van der Waals surface area contributed by atoms with Crippen LogP contribution in [0.2, 0.25) is 0 Å². The van der Waals surface area contributed by atoms with Crippen LogP contribution in [-0.2, 0) is 0 Å². The molecule has 0 saturated carbocycles. The van der Waals surface area contributed by atoms with Crippen LogP contribution in [0.1, 0.15) is 12.7 Å². The van der Waals surface area contributed by atoms with Crippen LogP contribution >= 0.6 is 0 Å². The Morgan fingerprint density at radius 1 is 1.00 bits per heavy atom. The van der Waals surface area contributed by atoms with E-state index in [0.717, 1.165) is 5.69 Å². The lowest BCUT2D eigenvalue weighted by atomic mass is 10.2. The quantitative estimate of drug-likeness (QED) is 0.391. The normalized spacial score (nSPS) is 10.4. The summed E-state index contributed by atoms with van der Waals surface area (Å²) in [4.78, 5) is 21.2. The van der Waals surface area contributed by atoms with E-state index in [1.807, 2.05) is 62.5 Å². The molecule has 2 aromatic carbocycles. The number of aryl methyl sites for hydroxylation is 1. The summed E-state index contributed by atoms with van der Waals surface area (Å²) in [5.74, 6) is 2.57. The smallest absolute Gasteiger partial charge is 0.323 e. The van der Waals surface area contributed by atoms with Gasteiger partial charge in [-0.1, -0.05) is 12.1 Å². The van der Waals surface area contributed by atoms with Crippen LogP contribution in [0, 0.1) is 6.92 Å². The molecule has 2 heterocycles. The molecule has 0 unspecified atom stereocenters. The number of carbonyl (C=O) groups is 1. The Morgan fingerprint density at radius 2 is 1.78 bits per heavy atom. The monoisotopic (exact) mass is 429 g/mol. The standard InChI is InChI=1S/C23H23N7O2/c1-3-32-20-8-5-4-7-19(20)29-23(31)28-18-11-9-17(10-12-18)27-21-15-22(26-16(2)25-21)30-14-6-13-24-30/h4-15H,3H2,1-2H3,(H,25,26,27)(H2,28,29,31). The summed E-state index contributed by atoms with van der Waals surface area (Å²) in [6, 6.07) is 17.9. The molecule has 0 bridgehead atoms. The van der Waals surface area contributed by atoms with Crippen LogP contribution in [0.3, 0.4) is 0 Å². The van der Waals surface area contributed by atoms with Crippen molar-refractivity contribution in [3.63, 3.8) is 0 Å². The van der Waals surface area contributed by atoms with E-state index >= 15 is 0 Å². The zero-order valence-corrected chi connectivity index (χ0v) is 17.7. The number of benzene rings is 2. The predicted molar refractivity (Wildman–Crippen MR) is 124 cm³/mol. The van der Waals surface area contributed by atoms with Crippen LogP contribution in [0.5, 0.6) is 5.75 Å².